The van der Waals surface area contributed by atoms with E-state index in [1.807, 2.05) is 17.9 Å². The van der Waals surface area contributed by atoms with Crippen molar-refractivity contribution >= 4 is 6.09 Å². The fourth-order valence-electron chi connectivity index (χ4n) is 3.43. The van der Waals surface area contributed by atoms with Crippen molar-refractivity contribution in [2.24, 2.45) is 5.92 Å². The summed E-state index contributed by atoms with van der Waals surface area (Å²) < 4.78 is 5.11. The first-order valence-electron chi connectivity index (χ1n) is 7.47. The average Bonchev–Trinajstić information content (AvgIpc) is 3.02. The molecule has 2 heterocycles. The summed E-state index contributed by atoms with van der Waals surface area (Å²) in [6.45, 7) is 6.11. The molecule has 1 aromatic rings. The van der Waals surface area contributed by atoms with Crippen molar-refractivity contribution in [2.75, 3.05) is 26.2 Å². The highest BCUT2D eigenvalue weighted by atomic mass is 16.6. The lowest BCUT2D eigenvalue weighted by Crippen LogP contribution is -2.37. The van der Waals surface area contributed by atoms with E-state index in [0.717, 1.165) is 26.2 Å². The molecule has 2 aliphatic rings. The number of rotatable bonds is 3. The normalized spacial score (nSPS) is 25.8. The molecule has 3 rings (SSSR count). The summed E-state index contributed by atoms with van der Waals surface area (Å²) in [7, 11) is 0. The summed E-state index contributed by atoms with van der Waals surface area (Å²) in [5, 5.41) is 0. The molecule has 0 aliphatic carbocycles. The van der Waals surface area contributed by atoms with Gasteiger partial charge >= 0.3 is 6.09 Å². The van der Waals surface area contributed by atoms with Crippen molar-refractivity contribution in [3.05, 3.63) is 35.9 Å². The Morgan fingerprint density at radius 2 is 2.10 bits per heavy atom. The molecular weight excluding hydrogens is 252 g/mol. The third kappa shape index (κ3) is 2.66. The Balaban J connectivity index is 1.61. The van der Waals surface area contributed by atoms with Gasteiger partial charge in [-0.25, -0.2) is 4.79 Å². The van der Waals surface area contributed by atoms with Crippen LogP contribution in [0.5, 0.6) is 0 Å². The molecule has 1 aromatic carbocycles. The number of fused-ring (bicyclic) bond motifs is 1. The highest BCUT2D eigenvalue weighted by Crippen LogP contribution is 2.32. The molecule has 20 heavy (non-hydrogen) atoms. The molecule has 2 fully saturated rings. The zero-order valence-electron chi connectivity index (χ0n) is 12.0. The molecule has 2 unspecified atom stereocenters. The monoisotopic (exact) mass is 274 g/mol. The molecule has 4 nitrogen and oxygen atoms in total. The Bertz CT molecular complexity index is 463. The lowest BCUT2D eigenvalue weighted by molar-refractivity contribution is 0.110. The van der Waals surface area contributed by atoms with E-state index in [0.29, 0.717) is 18.6 Å². The zero-order valence-corrected chi connectivity index (χ0v) is 12.0. The highest BCUT2D eigenvalue weighted by molar-refractivity contribution is 5.68. The Morgan fingerprint density at radius 3 is 2.85 bits per heavy atom. The lowest BCUT2D eigenvalue weighted by atomic mass is 10.0. The molecule has 2 saturated heterocycles. The molecule has 2 aliphatic heterocycles. The predicted molar refractivity (Wildman–Crippen MR) is 77.3 cm³/mol. The third-order valence-electron chi connectivity index (χ3n) is 4.42. The van der Waals surface area contributed by atoms with E-state index >= 15 is 0 Å². The molecule has 1 amide bonds. The first kappa shape index (κ1) is 13.4. The summed E-state index contributed by atoms with van der Waals surface area (Å²) in [6, 6.07) is 11.1. The van der Waals surface area contributed by atoms with Gasteiger partial charge in [-0.1, -0.05) is 30.3 Å². The van der Waals surface area contributed by atoms with Gasteiger partial charge in [-0.05, 0) is 31.4 Å². The first-order chi connectivity index (χ1) is 9.78. The van der Waals surface area contributed by atoms with Crippen molar-refractivity contribution in [1.82, 2.24) is 9.80 Å². The van der Waals surface area contributed by atoms with E-state index in [-0.39, 0.29) is 6.09 Å². The van der Waals surface area contributed by atoms with Gasteiger partial charge in [-0.3, -0.25) is 4.90 Å². The van der Waals surface area contributed by atoms with Crippen LogP contribution in [0.4, 0.5) is 4.79 Å². The quantitative estimate of drug-likeness (QED) is 0.848. The second-order valence-corrected chi connectivity index (χ2v) is 5.68. The van der Waals surface area contributed by atoms with E-state index in [1.165, 1.54) is 12.0 Å². The summed E-state index contributed by atoms with van der Waals surface area (Å²) in [6.07, 6.45) is 1.04. The molecule has 2 atom stereocenters. The summed E-state index contributed by atoms with van der Waals surface area (Å²) in [4.78, 5) is 16.2. The second kappa shape index (κ2) is 5.83. The number of nitrogens with zero attached hydrogens (tertiary/aromatic N) is 2. The van der Waals surface area contributed by atoms with Crippen LogP contribution in [0.3, 0.4) is 0 Å². The van der Waals surface area contributed by atoms with Gasteiger partial charge in [0.1, 0.15) is 0 Å². The number of benzene rings is 1. The molecule has 0 saturated carbocycles. The standard InChI is InChI=1S/C16H22N2O2/c1-2-20-16(19)18-11-14-8-9-17(15(14)12-18)10-13-6-4-3-5-7-13/h3-7,14-15H,2,8-12H2,1H3. The van der Waals surface area contributed by atoms with E-state index in [9.17, 15) is 4.79 Å². The minimum Gasteiger partial charge on any atom is -0.450 e. The van der Waals surface area contributed by atoms with E-state index in [4.69, 9.17) is 4.74 Å². The number of hydrogen-bond donors (Lipinski definition) is 0. The lowest BCUT2D eigenvalue weighted by Gasteiger charge is -2.24. The van der Waals surface area contributed by atoms with Crippen molar-refractivity contribution in [1.29, 1.82) is 0 Å². The van der Waals surface area contributed by atoms with Gasteiger partial charge in [-0.15, -0.1) is 0 Å². The summed E-state index contributed by atoms with van der Waals surface area (Å²) >= 11 is 0. The largest absolute Gasteiger partial charge is 0.450 e. The summed E-state index contributed by atoms with van der Waals surface area (Å²) in [5.74, 6) is 0.614. The van der Waals surface area contributed by atoms with Crippen LogP contribution in [-0.4, -0.2) is 48.2 Å². The van der Waals surface area contributed by atoms with E-state index in [1.54, 1.807) is 0 Å². The topological polar surface area (TPSA) is 32.8 Å². The van der Waals surface area contributed by atoms with Gasteiger partial charge in [0.25, 0.3) is 0 Å². The fraction of sp³-hybridized carbons (Fsp3) is 0.562. The maximum Gasteiger partial charge on any atom is 0.409 e. The van der Waals surface area contributed by atoms with Crippen LogP contribution in [-0.2, 0) is 11.3 Å². The van der Waals surface area contributed by atoms with Crippen LogP contribution in [0.2, 0.25) is 0 Å². The number of ether oxygens (including phenoxy) is 1. The number of carbonyl (C=O) groups is 1. The minimum atomic E-state index is -0.151. The number of likely N-dealkylation sites (tertiary alicyclic amines) is 2. The van der Waals surface area contributed by atoms with Gasteiger partial charge in [0.05, 0.1) is 6.61 Å². The van der Waals surface area contributed by atoms with Gasteiger partial charge in [0.2, 0.25) is 0 Å². The molecule has 0 radical (unpaired) electrons. The fourth-order valence-corrected chi connectivity index (χ4v) is 3.43. The van der Waals surface area contributed by atoms with Crippen molar-refractivity contribution < 1.29 is 9.53 Å². The SMILES string of the molecule is CCOC(=O)N1CC2CCN(Cc3ccccc3)C2C1. The van der Waals surface area contributed by atoms with Crippen LogP contribution < -0.4 is 0 Å². The maximum absolute atomic E-state index is 11.8. The van der Waals surface area contributed by atoms with Crippen molar-refractivity contribution in [3.8, 4) is 0 Å². The van der Waals surface area contributed by atoms with Crippen LogP contribution in [0.25, 0.3) is 0 Å². The molecule has 0 N–H and O–H groups in total. The molecule has 108 valence electrons. The maximum atomic E-state index is 11.8. The number of amides is 1. The van der Waals surface area contributed by atoms with E-state index < -0.39 is 0 Å². The van der Waals surface area contributed by atoms with Gasteiger partial charge in [0, 0.05) is 25.7 Å². The molecule has 4 heteroatoms. The van der Waals surface area contributed by atoms with Gasteiger partial charge in [0.15, 0.2) is 0 Å². The highest BCUT2D eigenvalue weighted by Gasteiger charge is 2.42. The molecule has 0 bridgehead atoms. The zero-order chi connectivity index (χ0) is 13.9. The minimum absolute atomic E-state index is 0.151. The molecular formula is C16H22N2O2. The summed E-state index contributed by atoms with van der Waals surface area (Å²) in [5.41, 5.74) is 1.35. The Hall–Kier alpha value is -1.55. The van der Waals surface area contributed by atoms with Crippen molar-refractivity contribution in [2.45, 2.75) is 25.9 Å². The number of hydrogen-bond acceptors (Lipinski definition) is 3. The molecule has 0 aromatic heterocycles. The second-order valence-electron chi connectivity index (χ2n) is 5.68. The van der Waals surface area contributed by atoms with Gasteiger partial charge in [-0.2, -0.15) is 0 Å². The Labute approximate surface area is 120 Å². The van der Waals surface area contributed by atoms with Crippen LogP contribution >= 0.6 is 0 Å². The average molecular weight is 274 g/mol. The van der Waals surface area contributed by atoms with Crippen LogP contribution in [0, 0.1) is 5.92 Å². The predicted octanol–water partition coefficient (Wildman–Crippen LogP) is 2.35. The van der Waals surface area contributed by atoms with Crippen LogP contribution in [0.15, 0.2) is 30.3 Å². The third-order valence-corrected chi connectivity index (χ3v) is 4.42. The molecule has 0 spiro atoms. The Kier molecular flexibility index (Phi) is 3.92. The smallest absolute Gasteiger partial charge is 0.409 e. The van der Waals surface area contributed by atoms with E-state index in [2.05, 4.69) is 29.2 Å². The number of carbonyl (C=O) groups excluding carboxylic acids is 1. The Morgan fingerprint density at radius 1 is 1.30 bits per heavy atom. The van der Waals surface area contributed by atoms with Crippen molar-refractivity contribution in [3.63, 3.8) is 0 Å². The van der Waals surface area contributed by atoms with Crippen LogP contribution in [0.1, 0.15) is 18.9 Å². The van der Waals surface area contributed by atoms with Gasteiger partial charge < -0.3 is 9.64 Å². The first-order valence-corrected chi connectivity index (χ1v) is 7.47.